The van der Waals surface area contributed by atoms with Crippen molar-refractivity contribution in [1.29, 1.82) is 0 Å². The minimum absolute atomic E-state index is 0.0541. The average molecular weight is 317 g/mol. The van der Waals surface area contributed by atoms with Crippen molar-refractivity contribution in [2.75, 3.05) is 6.54 Å². The molecule has 0 aliphatic carbocycles. The molecule has 1 fully saturated rings. The first-order valence-corrected chi connectivity index (χ1v) is 7.91. The van der Waals surface area contributed by atoms with Crippen molar-refractivity contribution < 1.29 is 9.18 Å². The number of fused-ring (bicyclic) bond motifs is 1. The van der Waals surface area contributed by atoms with Crippen LogP contribution in [0.15, 0.2) is 29.3 Å². The van der Waals surface area contributed by atoms with Crippen LogP contribution in [-0.4, -0.2) is 32.9 Å². The number of amides is 1. The minimum Gasteiger partial charge on any atom is -0.338 e. The molecule has 0 bridgehead atoms. The third kappa shape index (κ3) is 2.98. The molecule has 1 saturated heterocycles. The smallest absolute Gasteiger partial charge is 0.261 e. The van der Waals surface area contributed by atoms with E-state index in [1.807, 2.05) is 4.90 Å². The Morgan fingerprint density at radius 1 is 1.43 bits per heavy atom. The maximum atomic E-state index is 13.3. The second-order valence-corrected chi connectivity index (χ2v) is 6.38. The Morgan fingerprint density at radius 3 is 2.96 bits per heavy atom. The lowest BCUT2D eigenvalue weighted by molar-refractivity contribution is -0.133. The van der Waals surface area contributed by atoms with Gasteiger partial charge in [-0.05, 0) is 37.0 Å². The third-order valence-corrected chi connectivity index (χ3v) is 4.48. The van der Waals surface area contributed by atoms with Gasteiger partial charge in [0.05, 0.1) is 17.2 Å². The molecule has 0 N–H and O–H groups in total. The molecule has 5 nitrogen and oxygen atoms in total. The van der Waals surface area contributed by atoms with Crippen LogP contribution in [0, 0.1) is 11.7 Å². The van der Waals surface area contributed by atoms with E-state index in [9.17, 15) is 14.0 Å². The van der Waals surface area contributed by atoms with E-state index >= 15 is 0 Å². The Labute approximate surface area is 133 Å². The fourth-order valence-corrected chi connectivity index (χ4v) is 3.28. The molecule has 1 aliphatic heterocycles. The maximum absolute atomic E-state index is 13.3. The SMILES string of the molecule is CC(C)C1CCCN1C(=O)Cn1cnc2ccc(F)cc2c1=O. The van der Waals surface area contributed by atoms with E-state index in [-0.39, 0.29) is 29.4 Å². The number of carbonyl (C=O) groups is 1. The summed E-state index contributed by atoms with van der Waals surface area (Å²) in [5, 5.41) is 0.196. The Balaban J connectivity index is 1.88. The number of likely N-dealkylation sites (tertiary alicyclic amines) is 1. The van der Waals surface area contributed by atoms with Crippen LogP contribution in [0.25, 0.3) is 10.9 Å². The van der Waals surface area contributed by atoms with Gasteiger partial charge in [-0.1, -0.05) is 13.8 Å². The molecule has 0 radical (unpaired) electrons. The molecule has 0 saturated carbocycles. The second kappa shape index (κ2) is 6.10. The second-order valence-electron chi connectivity index (χ2n) is 6.38. The predicted octanol–water partition coefficient (Wildman–Crippen LogP) is 2.18. The predicted molar refractivity (Wildman–Crippen MR) is 85.5 cm³/mol. The molecule has 1 aliphatic rings. The van der Waals surface area contributed by atoms with E-state index in [1.54, 1.807) is 0 Å². The van der Waals surface area contributed by atoms with Crippen LogP contribution in [0.2, 0.25) is 0 Å². The number of carbonyl (C=O) groups excluding carboxylic acids is 1. The number of aromatic nitrogens is 2. The van der Waals surface area contributed by atoms with E-state index in [2.05, 4.69) is 18.8 Å². The number of benzene rings is 1. The van der Waals surface area contributed by atoms with Crippen molar-refractivity contribution in [3.63, 3.8) is 0 Å². The van der Waals surface area contributed by atoms with Gasteiger partial charge in [-0.2, -0.15) is 0 Å². The zero-order chi connectivity index (χ0) is 16.6. The summed E-state index contributed by atoms with van der Waals surface area (Å²) in [6.45, 7) is 4.87. The monoisotopic (exact) mass is 317 g/mol. The molecule has 2 aromatic rings. The first-order valence-electron chi connectivity index (χ1n) is 7.91. The lowest BCUT2D eigenvalue weighted by atomic mass is 10.0. The third-order valence-electron chi connectivity index (χ3n) is 4.48. The van der Waals surface area contributed by atoms with Crippen LogP contribution in [-0.2, 0) is 11.3 Å². The summed E-state index contributed by atoms with van der Waals surface area (Å²) >= 11 is 0. The Morgan fingerprint density at radius 2 is 2.22 bits per heavy atom. The highest BCUT2D eigenvalue weighted by atomic mass is 19.1. The van der Waals surface area contributed by atoms with Gasteiger partial charge in [-0.3, -0.25) is 14.2 Å². The molecule has 2 heterocycles. The number of hydrogen-bond acceptors (Lipinski definition) is 3. The van der Waals surface area contributed by atoms with E-state index < -0.39 is 5.82 Å². The molecule has 122 valence electrons. The normalized spacial score (nSPS) is 18.1. The number of rotatable bonds is 3. The quantitative estimate of drug-likeness (QED) is 0.872. The lowest BCUT2D eigenvalue weighted by Crippen LogP contribution is -2.41. The molecular formula is C17H20FN3O2. The highest BCUT2D eigenvalue weighted by molar-refractivity contribution is 5.79. The van der Waals surface area contributed by atoms with Crippen LogP contribution in [0.4, 0.5) is 4.39 Å². The molecule has 1 aromatic carbocycles. The summed E-state index contributed by atoms with van der Waals surface area (Å²) < 4.78 is 14.6. The van der Waals surface area contributed by atoms with Crippen molar-refractivity contribution in [3.8, 4) is 0 Å². The molecular weight excluding hydrogens is 297 g/mol. The summed E-state index contributed by atoms with van der Waals surface area (Å²) in [5.74, 6) is -0.178. The van der Waals surface area contributed by atoms with Crippen molar-refractivity contribution in [2.24, 2.45) is 5.92 Å². The highest BCUT2D eigenvalue weighted by Crippen LogP contribution is 2.23. The lowest BCUT2D eigenvalue weighted by Gasteiger charge is -2.27. The van der Waals surface area contributed by atoms with Crippen LogP contribution < -0.4 is 5.56 Å². The summed E-state index contributed by atoms with van der Waals surface area (Å²) in [7, 11) is 0. The van der Waals surface area contributed by atoms with Gasteiger partial charge in [0.25, 0.3) is 5.56 Å². The van der Waals surface area contributed by atoms with E-state index in [4.69, 9.17) is 0 Å². The summed E-state index contributed by atoms with van der Waals surface area (Å²) in [5.41, 5.74) is 0.0458. The number of nitrogens with zero attached hydrogens (tertiary/aromatic N) is 3. The molecule has 1 aromatic heterocycles. The van der Waals surface area contributed by atoms with Gasteiger partial charge in [0.1, 0.15) is 12.4 Å². The summed E-state index contributed by atoms with van der Waals surface area (Å²) in [6.07, 6.45) is 3.35. The standard InChI is InChI=1S/C17H20FN3O2/c1-11(2)15-4-3-7-21(15)16(22)9-20-10-19-14-6-5-12(18)8-13(14)17(20)23/h5-6,8,10-11,15H,3-4,7,9H2,1-2H3. The minimum atomic E-state index is -0.486. The van der Waals surface area contributed by atoms with Crippen LogP contribution in [0.1, 0.15) is 26.7 Å². The Bertz CT molecular complexity index is 800. The Hall–Kier alpha value is -2.24. The summed E-state index contributed by atoms with van der Waals surface area (Å²) in [6, 6.07) is 4.12. The maximum Gasteiger partial charge on any atom is 0.261 e. The molecule has 1 atom stereocenters. The van der Waals surface area contributed by atoms with Gasteiger partial charge in [0, 0.05) is 12.6 Å². The zero-order valence-electron chi connectivity index (χ0n) is 13.3. The Kier molecular flexibility index (Phi) is 4.15. The van der Waals surface area contributed by atoms with Crippen LogP contribution in [0.3, 0.4) is 0 Å². The number of hydrogen-bond donors (Lipinski definition) is 0. The van der Waals surface area contributed by atoms with Gasteiger partial charge in [0.2, 0.25) is 5.91 Å². The fourth-order valence-electron chi connectivity index (χ4n) is 3.28. The van der Waals surface area contributed by atoms with Gasteiger partial charge in [-0.15, -0.1) is 0 Å². The molecule has 23 heavy (non-hydrogen) atoms. The molecule has 3 rings (SSSR count). The van der Waals surface area contributed by atoms with Crippen LogP contribution in [0.5, 0.6) is 0 Å². The van der Waals surface area contributed by atoms with Crippen molar-refractivity contribution in [2.45, 2.75) is 39.3 Å². The van der Waals surface area contributed by atoms with Crippen molar-refractivity contribution >= 4 is 16.8 Å². The molecule has 1 amide bonds. The van der Waals surface area contributed by atoms with Gasteiger partial charge >= 0.3 is 0 Å². The van der Waals surface area contributed by atoms with Gasteiger partial charge in [-0.25, -0.2) is 9.37 Å². The topological polar surface area (TPSA) is 55.2 Å². The van der Waals surface area contributed by atoms with Crippen molar-refractivity contribution in [1.82, 2.24) is 14.5 Å². The first kappa shape index (κ1) is 15.6. The highest BCUT2D eigenvalue weighted by Gasteiger charge is 2.30. The molecule has 0 spiro atoms. The van der Waals surface area contributed by atoms with Crippen molar-refractivity contribution in [3.05, 3.63) is 40.7 Å². The van der Waals surface area contributed by atoms with Gasteiger partial charge < -0.3 is 4.90 Å². The zero-order valence-corrected chi connectivity index (χ0v) is 13.3. The fraction of sp³-hybridized carbons (Fsp3) is 0.471. The van der Waals surface area contributed by atoms with Gasteiger partial charge in [0.15, 0.2) is 0 Å². The summed E-state index contributed by atoms with van der Waals surface area (Å²) in [4.78, 5) is 31.0. The number of halogens is 1. The average Bonchev–Trinajstić information content (AvgIpc) is 3.00. The first-order chi connectivity index (χ1) is 11.0. The van der Waals surface area contributed by atoms with E-state index in [1.165, 1.54) is 29.1 Å². The molecule has 1 unspecified atom stereocenters. The largest absolute Gasteiger partial charge is 0.338 e. The molecule has 6 heteroatoms. The van der Waals surface area contributed by atoms with E-state index in [0.717, 1.165) is 19.4 Å². The van der Waals surface area contributed by atoms with Crippen LogP contribution >= 0.6 is 0 Å². The van der Waals surface area contributed by atoms with E-state index in [0.29, 0.717) is 11.4 Å².